The number of hydrogen-bond acceptors (Lipinski definition) is 5. The first-order chi connectivity index (χ1) is 13.0. The molecule has 1 saturated carbocycles. The van der Waals surface area contributed by atoms with Crippen LogP contribution in [-0.4, -0.2) is 15.4 Å². The number of nitrogens with one attached hydrogen (secondary N) is 1. The molecular formula is C19H17N3O5. The minimum absolute atomic E-state index is 0.169. The molecule has 1 fully saturated rings. The molecule has 1 heterocycles. The molecule has 1 amide bonds. The van der Waals surface area contributed by atoms with Gasteiger partial charge in [0.1, 0.15) is 6.54 Å². The summed E-state index contributed by atoms with van der Waals surface area (Å²) >= 11 is 0. The maximum absolute atomic E-state index is 12.7. The molecule has 0 saturated heterocycles. The lowest BCUT2D eigenvalue weighted by atomic mass is 9.72. The van der Waals surface area contributed by atoms with E-state index in [2.05, 4.69) is 5.32 Å². The van der Waals surface area contributed by atoms with E-state index in [1.807, 2.05) is 30.3 Å². The summed E-state index contributed by atoms with van der Waals surface area (Å²) in [6.07, 6.45) is 2.67. The standard InChI is InChI=1S/C19H17N3O5/c23-17(20-19(9-4-10-19)13-5-2-1-3-6-13)12-21-15-11-14(22(25)26)7-8-16(15)27-18(21)24/h1-3,5-8,11H,4,9-10,12H2,(H,20,23). The summed E-state index contributed by atoms with van der Waals surface area (Å²) in [6.45, 7) is -0.262. The number of nitro groups is 1. The number of benzene rings is 2. The number of fused-ring (bicyclic) bond motifs is 1. The zero-order chi connectivity index (χ0) is 19.0. The Labute approximate surface area is 153 Å². The lowest BCUT2D eigenvalue weighted by Gasteiger charge is -2.43. The number of oxazole rings is 1. The van der Waals surface area contributed by atoms with Crippen LogP contribution in [0.15, 0.2) is 57.7 Å². The van der Waals surface area contributed by atoms with E-state index in [-0.39, 0.29) is 29.2 Å². The van der Waals surface area contributed by atoms with E-state index in [0.717, 1.165) is 29.4 Å². The molecule has 1 aliphatic rings. The highest BCUT2D eigenvalue weighted by Gasteiger charge is 2.39. The number of nitrogens with zero attached hydrogens (tertiary/aromatic N) is 2. The fraction of sp³-hybridized carbons (Fsp3) is 0.263. The lowest BCUT2D eigenvalue weighted by Crippen LogP contribution is -2.51. The van der Waals surface area contributed by atoms with Gasteiger partial charge in [-0.05, 0) is 30.9 Å². The molecule has 1 aliphatic carbocycles. The highest BCUT2D eigenvalue weighted by atomic mass is 16.6. The average Bonchev–Trinajstić information content (AvgIpc) is 2.93. The first kappa shape index (κ1) is 17.0. The van der Waals surface area contributed by atoms with Crippen molar-refractivity contribution in [1.82, 2.24) is 9.88 Å². The monoisotopic (exact) mass is 367 g/mol. The summed E-state index contributed by atoms with van der Waals surface area (Å²) in [6, 6.07) is 13.6. The maximum Gasteiger partial charge on any atom is 0.420 e. The van der Waals surface area contributed by atoms with Gasteiger partial charge in [-0.3, -0.25) is 19.5 Å². The first-order valence-electron chi connectivity index (χ1n) is 8.63. The minimum atomic E-state index is -0.719. The quantitative estimate of drug-likeness (QED) is 0.551. The average molecular weight is 367 g/mol. The molecule has 0 bridgehead atoms. The smallest absolute Gasteiger partial charge is 0.408 e. The van der Waals surface area contributed by atoms with E-state index in [1.165, 1.54) is 18.2 Å². The third-order valence-electron chi connectivity index (χ3n) is 5.08. The Kier molecular flexibility index (Phi) is 4.02. The van der Waals surface area contributed by atoms with Gasteiger partial charge in [-0.1, -0.05) is 30.3 Å². The number of non-ortho nitro benzene ring substituents is 1. The Morgan fingerprint density at radius 1 is 1.22 bits per heavy atom. The summed E-state index contributed by atoms with van der Waals surface area (Å²) < 4.78 is 6.21. The van der Waals surface area contributed by atoms with Crippen LogP contribution in [0.25, 0.3) is 11.1 Å². The van der Waals surface area contributed by atoms with Crippen LogP contribution in [0.3, 0.4) is 0 Å². The number of amides is 1. The van der Waals surface area contributed by atoms with E-state index in [4.69, 9.17) is 4.42 Å². The van der Waals surface area contributed by atoms with Crippen LogP contribution in [-0.2, 0) is 16.9 Å². The second-order valence-electron chi connectivity index (χ2n) is 6.71. The van der Waals surface area contributed by atoms with Gasteiger partial charge in [0.05, 0.1) is 16.0 Å². The topological polar surface area (TPSA) is 107 Å². The Morgan fingerprint density at radius 2 is 1.96 bits per heavy atom. The van der Waals surface area contributed by atoms with Crippen molar-refractivity contribution >= 4 is 22.7 Å². The van der Waals surface area contributed by atoms with Crippen molar-refractivity contribution in [3.05, 3.63) is 74.8 Å². The number of nitro benzene ring substituents is 1. The van der Waals surface area contributed by atoms with Crippen LogP contribution < -0.4 is 11.1 Å². The van der Waals surface area contributed by atoms with Crippen molar-refractivity contribution in [3.63, 3.8) is 0 Å². The Balaban J connectivity index is 1.61. The number of hydrogen-bond donors (Lipinski definition) is 1. The number of aromatic nitrogens is 1. The van der Waals surface area contributed by atoms with Gasteiger partial charge in [0.15, 0.2) is 5.58 Å². The fourth-order valence-corrected chi connectivity index (χ4v) is 3.54. The summed E-state index contributed by atoms with van der Waals surface area (Å²) in [4.78, 5) is 35.2. The molecule has 3 aromatic rings. The Morgan fingerprint density at radius 3 is 2.59 bits per heavy atom. The van der Waals surface area contributed by atoms with Gasteiger partial charge in [-0.2, -0.15) is 0 Å². The fourth-order valence-electron chi connectivity index (χ4n) is 3.54. The minimum Gasteiger partial charge on any atom is -0.408 e. The van der Waals surface area contributed by atoms with E-state index >= 15 is 0 Å². The summed E-state index contributed by atoms with van der Waals surface area (Å²) in [5.41, 5.74) is 0.876. The third-order valence-corrected chi connectivity index (χ3v) is 5.08. The second kappa shape index (κ2) is 6.39. The van der Waals surface area contributed by atoms with E-state index in [1.54, 1.807) is 0 Å². The number of carbonyl (C=O) groups is 1. The van der Waals surface area contributed by atoms with Crippen molar-refractivity contribution in [1.29, 1.82) is 0 Å². The molecule has 4 rings (SSSR count). The third kappa shape index (κ3) is 2.99. The van der Waals surface area contributed by atoms with Crippen molar-refractivity contribution < 1.29 is 14.1 Å². The van der Waals surface area contributed by atoms with Crippen LogP contribution >= 0.6 is 0 Å². The molecule has 0 aliphatic heterocycles. The lowest BCUT2D eigenvalue weighted by molar-refractivity contribution is -0.384. The molecule has 0 spiro atoms. The molecule has 2 aromatic carbocycles. The van der Waals surface area contributed by atoms with Gasteiger partial charge in [0, 0.05) is 12.1 Å². The van der Waals surface area contributed by atoms with Gasteiger partial charge in [0.2, 0.25) is 5.91 Å². The molecule has 8 heteroatoms. The molecule has 138 valence electrons. The maximum atomic E-state index is 12.7. The number of carbonyl (C=O) groups excluding carboxylic acids is 1. The van der Waals surface area contributed by atoms with Gasteiger partial charge in [-0.15, -0.1) is 0 Å². The molecule has 1 N–H and O–H groups in total. The van der Waals surface area contributed by atoms with Crippen molar-refractivity contribution in [2.45, 2.75) is 31.3 Å². The number of rotatable bonds is 5. The molecule has 27 heavy (non-hydrogen) atoms. The summed E-state index contributed by atoms with van der Waals surface area (Å²) in [5.74, 6) is -1.06. The SMILES string of the molecule is O=C(Cn1c(=O)oc2ccc([N+](=O)[O-])cc21)NC1(c2ccccc2)CCC1. The highest BCUT2D eigenvalue weighted by Crippen LogP contribution is 2.41. The predicted octanol–water partition coefficient (Wildman–Crippen LogP) is 2.70. The predicted molar refractivity (Wildman–Crippen MR) is 97.2 cm³/mol. The van der Waals surface area contributed by atoms with E-state index in [0.29, 0.717) is 0 Å². The second-order valence-corrected chi connectivity index (χ2v) is 6.71. The van der Waals surface area contributed by atoms with E-state index < -0.39 is 16.2 Å². The zero-order valence-corrected chi connectivity index (χ0v) is 14.4. The van der Waals surface area contributed by atoms with Gasteiger partial charge >= 0.3 is 5.76 Å². The van der Waals surface area contributed by atoms with Crippen molar-refractivity contribution in [3.8, 4) is 0 Å². The molecular weight excluding hydrogens is 350 g/mol. The Bertz CT molecular complexity index is 1080. The van der Waals surface area contributed by atoms with Gasteiger partial charge in [0.25, 0.3) is 5.69 Å². The summed E-state index contributed by atoms with van der Waals surface area (Å²) in [7, 11) is 0. The molecule has 0 unspecified atom stereocenters. The normalized spacial score (nSPS) is 15.3. The highest BCUT2D eigenvalue weighted by molar-refractivity contribution is 5.81. The molecule has 1 aromatic heterocycles. The largest absolute Gasteiger partial charge is 0.420 e. The Hall–Kier alpha value is -3.42. The van der Waals surface area contributed by atoms with Gasteiger partial charge < -0.3 is 9.73 Å². The van der Waals surface area contributed by atoms with Crippen molar-refractivity contribution in [2.75, 3.05) is 0 Å². The van der Waals surface area contributed by atoms with E-state index in [9.17, 15) is 19.7 Å². The van der Waals surface area contributed by atoms with Crippen LogP contribution in [0.5, 0.6) is 0 Å². The summed E-state index contributed by atoms with van der Waals surface area (Å²) in [5, 5.41) is 14.0. The molecule has 0 radical (unpaired) electrons. The zero-order valence-electron chi connectivity index (χ0n) is 14.4. The van der Waals surface area contributed by atoms with Crippen LogP contribution in [0.1, 0.15) is 24.8 Å². The molecule has 0 atom stereocenters. The molecule has 8 nitrogen and oxygen atoms in total. The van der Waals surface area contributed by atoms with Crippen molar-refractivity contribution in [2.24, 2.45) is 0 Å². The van der Waals surface area contributed by atoms with Crippen LogP contribution in [0, 0.1) is 10.1 Å². The van der Waals surface area contributed by atoms with Crippen LogP contribution in [0.4, 0.5) is 5.69 Å². The van der Waals surface area contributed by atoms with Gasteiger partial charge in [-0.25, -0.2) is 4.79 Å². The van der Waals surface area contributed by atoms with Crippen LogP contribution in [0.2, 0.25) is 0 Å². The first-order valence-corrected chi connectivity index (χ1v) is 8.63.